The first-order valence-electron chi connectivity index (χ1n) is 10.3. The molecule has 1 unspecified atom stereocenters. The van der Waals surface area contributed by atoms with Crippen molar-refractivity contribution in [1.29, 1.82) is 0 Å². The van der Waals surface area contributed by atoms with Gasteiger partial charge in [-0.2, -0.15) is 13.2 Å². The van der Waals surface area contributed by atoms with E-state index in [9.17, 15) is 22.4 Å². The predicted octanol–water partition coefficient (Wildman–Crippen LogP) is 4.41. The molecule has 1 saturated heterocycles. The van der Waals surface area contributed by atoms with Crippen molar-refractivity contribution in [2.75, 3.05) is 31.2 Å². The summed E-state index contributed by atoms with van der Waals surface area (Å²) in [7, 11) is 0. The zero-order valence-corrected chi connectivity index (χ0v) is 18.5. The van der Waals surface area contributed by atoms with Crippen LogP contribution in [0.4, 0.5) is 23.2 Å². The van der Waals surface area contributed by atoms with Crippen LogP contribution in [0.3, 0.4) is 0 Å². The molecule has 2 aliphatic heterocycles. The highest BCUT2D eigenvalue weighted by Gasteiger charge is 2.38. The highest BCUT2D eigenvalue weighted by Crippen LogP contribution is 2.37. The predicted molar refractivity (Wildman–Crippen MR) is 119 cm³/mol. The maximum Gasteiger partial charge on any atom is 0.416 e. The van der Waals surface area contributed by atoms with Gasteiger partial charge in [0.15, 0.2) is 5.11 Å². The van der Waals surface area contributed by atoms with Gasteiger partial charge in [0.1, 0.15) is 5.82 Å². The van der Waals surface area contributed by atoms with Crippen LogP contribution in [0, 0.1) is 5.82 Å². The second-order valence-corrected chi connectivity index (χ2v) is 8.11. The maximum absolute atomic E-state index is 13.6. The van der Waals surface area contributed by atoms with E-state index in [1.807, 2.05) is 0 Å². The monoisotopic (exact) mass is 479 g/mol. The fourth-order valence-corrected chi connectivity index (χ4v) is 4.35. The Morgan fingerprint density at radius 2 is 1.79 bits per heavy atom. The molecular weight excluding hydrogens is 458 g/mol. The van der Waals surface area contributed by atoms with Gasteiger partial charge in [-0.25, -0.2) is 4.39 Å². The third-order valence-electron chi connectivity index (χ3n) is 5.65. The number of nitrogens with one attached hydrogen (secondary N) is 1. The Morgan fingerprint density at radius 1 is 1.12 bits per heavy atom. The zero-order valence-electron chi connectivity index (χ0n) is 17.7. The third-order valence-corrected chi connectivity index (χ3v) is 5.95. The lowest BCUT2D eigenvalue weighted by molar-refractivity contribution is -0.137. The largest absolute Gasteiger partial charge is 0.416 e. The van der Waals surface area contributed by atoms with Crippen LogP contribution >= 0.6 is 12.2 Å². The minimum absolute atomic E-state index is 0.139. The summed E-state index contributed by atoms with van der Waals surface area (Å²) in [6.07, 6.45) is -4.53. The molecule has 4 rings (SSSR count). The normalized spacial score (nSPS) is 19.5. The second kappa shape index (κ2) is 9.11. The summed E-state index contributed by atoms with van der Waals surface area (Å²) >= 11 is 5.50. The average molecular weight is 479 g/mol. The maximum atomic E-state index is 13.6. The summed E-state index contributed by atoms with van der Waals surface area (Å²) < 4.78 is 58.8. The van der Waals surface area contributed by atoms with Crippen molar-refractivity contribution in [3.05, 3.63) is 76.7 Å². The molecule has 2 aromatic carbocycles. The van der Waals surface area contributed by atoms with Gasteiger partial charge in [-0.15, -0.1) is 0 Å². The first kappa shape index (κ1) is 23.2. The van der Waals surface area contributed by atoms with E-state index in [0.717, 1.165) is 12.1 Å². The van der Waals surface area contributed by atoms with Crippen LogP contribution in [0.5, 0.6) is 0 Å². The van der Waals surface area contributed by atoms with E-state index in [4.69, 9.17) is 17.0 Å². The van der Waals surface area contributed by atoms with Gasteiger partial charge < -0.3 is 15.0 Å². The topological polar surface area (TPSA) is 44.8 Å². The number of allylic oxidation sites excluding steroid dienone is 1. The summed E-state index contributed by atoms with van der Waals surface area (Å²) in [6.45, 7) is 3.21. The van der Waals surface area contributed by atoms with Gasteiger partial charge in [0, 0.05) is 24.5 Å². The summed E-state index contributed by atoms with van der Waals surface area (Å²) in [6, 6.07) is 9.75. The lowest BCUT2D eigenvalue weighted by atomic mass is 9.93. The lowest BCUT2D eigenvalue weighted by Gasteiger charge is -2.40. The smallest absolute Gasteiger partial charge is 0.378 e. The highest BCUT2D eigenvalue weighted by molar-refractivity contribution is 7.80. The number of benzene rings is 2. The molecule has 1 N–H and O–H groups in total. The molecule has 33 heavy (non-hydrogen) atoms. The van der Waals surface area contributed by atoms with Crippen LogP contribution in [0.25, 0.3) is 0 Å². The van der Waals surface area contributed by atoms with E-state index < -0.39 is 23.6 Å². The number of carbonyl (C=O) groups is 1. The number of alkyl halides is 3. The van der Waals surface area contributed by atoms with Gasteiger partial charge in [-0.1, -0.05) is 18.2 Å². The number of hydrogen-bond donors (Lipinski definition) is 1. The van der Waals surface area contributed by atoms with Crippen LogP contribution < -0.4 is 10.2 Å². The Hall–Kier alpha value is -2.98. The standard InChI is InChI=1S/C23H21F4N3O2S/c1-14-19(21(31)29-9-11-32-12-10-29)20(15-5-7-17(24)8-6-15)28-22(33)30(14)18-4-2-3-16(13-18)23(25,26)27/h2-8,13,20H,9-12H2,1H3,(H,28,33). The Morgan fingerprint density at radius 3 is 2.42 bits per heavy atom. The molecule has 2 heterocycles. The van der Waals surface area contributed by atoms with E-state index in [1.165, 1.54) is 29.2 Å². The SMILES string of the molecule is CC1=C(C(=O)N2CCOCC2)C(c2ccc(F)cc2)NC(=S)N1c1cccc(C(F)(F)F)c1. The van der Waals surface area contributed by atoms with E-state index >= 15 is 0 Å². The number of amides is 1. The first-order chi connectivity index (χ1) is 15.7. The van der Waals surface area contributed by atoms with E-state index in [1.54, 1.807) is 24.0 Å². The van der Waals surface area contributed by atoms with Gasteiger partial charge in [-0.3, -0.25) is 9.69 Å². The second-order valence-electron chi connectivity index (χ2n) is 7.72. The number of hydrogen-bond acceptors (Lipinski definition) is 3. The molecule has 0 bridgehead atoms. The van der Waals surface area contributed by atoms with Crippen molar-refractivity contribution in [2.24, 2.45) is 0 Å². The molecular formula is C23H21F4N3O2S. The van der Waals surface area contributed by atoms with Crippen LogP contribution in [0.2, 0.25) is 0 Å². The molecule has 1 atom stereocenters. The fourth-order valence-electron chi connectivity index (χ4n) is 3.99. The molecule has 0 radical (unpaired) electrons. The number of halogens is 4. The number of morpholine rings is 1. The van der Waals surface area contributed by atoms with Crippen molar-refractivity contribution >= 4 is 28.9 Å². The molecule has 5 nitrogen and oxygen atoms in total. The average Bonchev–Trinajstić information content (AvgIpc) is 2.79. The molecule has 0 aliphatic carbocycles. The van der Waals surface area contributed by atoms with E-state index in [-0.39, 0.29) is 16.7 Å². The number of nitrogens with zero attached hydrogens (tertiary/aromatic N) is 2. The summed E-state index contributed by atoms with van der Waals surface area (Å²) in [5, 5.41) is 3.22. The summed E-state index contributed by atoms with van der Waals surface area (Å²) in [4.78, 5) is 16.6. The van der Waals surface area contributed by atoms with Crippen LogP contribution in [0.1, 0.15) is 24.1 Å². The number of ether oxygens (including phenoxy) is 1. The Bertz CT molecular complexity index is 1100. The van der Waals surface area contributed by atoms with Gasteiger partial charge in [0.25, 0.3) is 5.91 Å². The minimum atomic E-state index is -4.53. The van der Waals surface area contributed by atoms with Crippen LogP contribution in [0.15, 0.2) is 59.8 Å². The van der Waals surface area contributed by atoms with Gasteiger partial charge in [-0.05, 0) is 55.0 Å². The quantitative estimate of drug-likeness (QED) is 0.522. The van der Waals surface area contributed by atoms with Gasteiger partial charge in [0.2, 0.25) is 0 Å². The number of rotatable bonds is 3. The fraction of sp³-hybridized carbons (Fsp3) is 0.304. The molecule has 2 aromatic rings. The third kappa shape index (κ3) is 4.72. The Kier molecular flexibility index (Phi) is 6.40. The van der Waals surface area contributed by atoms with Gasteiger partial charge in [0.05, 0.1) is 30.4 Å². The Balaban J connectivity index is 1.82. The lowest BCUT2D eigenvalue weighted by Crippen LogP contribution is -2.51. The molecule has 174 valence electrons. The summed E-state index contributed by atoms with van der Waals surface area (Å²) in [5.41, 5.74) is 0.707. The van der Waals surface area contributed by atoms with Crippen molar-refractivity contribution < 1.29 is 27.1 Å². The number of anilines is 1. The minimum Gasteiger partial charge on any atom is -0.378 e. The molecule has 10 heteroatoms. The molecule has 1 fully saturated rings. The molecule has 0 aromatic heterocycles. The molecule has 1 amide bonds. The Labute approximate surface area is 193 Å². The van der Waals surface area contributed by atoms with Crippen molar-refractivity contribution in [3.63, 3.8) is 0 Å². The number of carbonyl (C=O) groups excluding carboxylic acids is 1. The van der Waals surface area contributed by atoms with E-state index in [0.29, 0.717) is 43.1 Å². The van der Waals surface area contributed by atoms with Crippen molar-refractivity contribution in [3.8, 4) is 0 Å². The summed E-state index contributed by atoms with van der Waals surface area (Å²) in [5.74, 6) is -0.707. The molecule has 0 spiro atoms. The van der Waals surface area contributed by atoms with Crippen LogP contribution in [-0.2, 0) is 15.7 Å². The van der Waals surface area contributed by atoms with E-state index in [2.05, 4.69) is 5.32 Å². The number of thiocarbonyl (C=S) groups is 1. The molecule has 0 saturated carbocycles. The molecule has 2 aliphatic rings. The van der Waals surface area contributed by atoms with Crippen molar-refractivity contribution in [1.82, 2.24) is 10.2 Å². The zero-order chi connectivity index (χ0) is 23.8. The van der Waals surface area contributed by atoms with Crippen LogP contribution in [-0.4, -0.2) is 42.2 Å². The van der Waals surface area contributed by atoms with Crippen molar-refractivity contribution in [2.45, 2.75) is 19.1 Å². The van der Waals surface area contributed by atoms with Gasteiger partial charge >= 0.3 is 6.18 Å². The first-order valence-corrected chi connectivity index (χ1v) is 10.7. The highest BCUT2D eigenvalue weighted by atomic mass is 32.1.